The predicted molar refractivity (Wildman–Crippen MR) is 91.1 cm³/mol. The molecule has 0 bridgehead atoms. The number of amides is 2. The highest BCUT2D eigenvalue weighted by molar-refractivity contribution is 5.98. The number of hydrogen-bond donors (Lipinski definition) is 2. The Labute approximate surface area is 159 Å². The first kappa shape index (κ1) is 21.9. The van der Waals surface area contributed by atoms with Gasteiger partial charge in [0.05, 0.1) is 0 Å². The molecule has 4 nitrogen and oxygen atoms in total. The largest absolute Gasteiger partial charge is 0.471 e. The van der Waals surface area contributed by atoms with E-state index in [0.29, 0.717) is 5.56 Å². The van der Waals surface area contributed by atoms with Gasteiger partial charge < -0.3 is 10.6 Å². The average Bonchev–Trinajstić information content (AvgIpc) is 2.59. The van der Waals surface area contributed by atoms with Crippen molar-refractivity contribution >= 4 is 35.3 Å². The first-order valence-electron chi connectivity index (χ1n) is 7.70. The van der Waals surface area contributed by atoms with Crippen LogP contribution in [-0.4, -0.2) is 24.2 Å². The zero-order valence-corrected chi connectivity index (χ0v) is 14.2. The minimum absolute atomic E-state index is 0.0618. The minimum atomic E-state index is -5.23. The van der Waals surface area contributed by atoms with E-state index in [1.807, 2.05) is 0 Å². The third-order valence-electron chi connectivity index (χ3n) is 3.32. The van der Waals surface area contributed by atoms with E-state index in [4.69, 9.17) is 0 Å². The minimum Gasteiger partial charge on any atom is -0.318 e. The van der Waals surface area contributed by atoms with Crippen molar-refractivity contribution in [3.8, 4) is 0 Å². The SMILES string of the molecule is O=C(Nc1cc(/C=C/c2ccc(F)cc2)cc(NC(=O)C(F)(F)F)c1)C(F)(F)F. The lowest BCUT2D eigenvalue weighted by molar-refractivity contribution is -0.167. The van der Waals surface area contributed by atoms with Crippen LogP contribution in [0.4, 0.5) is 42.1 Å². The summed E-state index contributed by atoms with van der Waals surface area (Å²) in [5, 5.41) is 3.00. The van der Waals surface area contributed by atoms with Gasteiger partial charge in [0, 0.05) is 11.4 Å². The van der Waals surface area contributed by atoms with Crippen LogP contribution in [0.15, 0.2) is 42.5 Å². The summed E-state index contributed by atoms with van der Waals surface area (Å²) >= 11 is 0. The van der Waals surface area contributed by atoms with Crippen molar-refractivity contribution in [2.45, 2.75) is 12.4 Å². The molecule has 2 rings (SSSR count). The molecule has 0 aromatic heterocycles. The number of carbonyl (C=O) groups is 2. The molecule has 0 aliphatic carbocycles. The number of anilines is 2. The first-order valence-corrected chi connectivity index (χ1v) is 7.70. The molecule has 2 aromatic carbocycles. The van der Waals surface area contributed by atoms with Gasteiger partial charge in [-0.3, -0.25) is 9.59 Å². The Morgan fingerprint density at radius 3 is 1.52 bits per heavy atom. The van der Waals surface area contributed by atoms with Crippen LogP contribution >= 0.6 is 0 Å². The number of benzene rings is 2. The van der Waals surface area contributed by atoms with E-state index in [2.05, 4.69) is 0 Å². The number of hydrogen-bond acceptors (Lipinski definition) is 2. The summed E-state index contributed by atoms with van der Waals surface area (Å²) in [7, 11) is 0. The van der Waals surface area contributed by atoms with E-state index < -0.39 is 41.4 Å². The van der Waals surface area contributed by atoms with Gasteiger partial charge in [-0.05, 0) is 41.5 Å². The molecule has 0 atom stereocenters. The average molecular weight is 420 g/mol. The molecule has 0 radical (unpaired) electrons. The van der Waals surface area contributed by atoms with Crippen molar-refractivity contribution in [1.82, 2.24) is 0 Å². The second-order valence-electron chi connectivity index (χ2n) is 5.63. The molecule has 154 valence electrons. The lowest BCUT2D eigenvalue weighted by Gasteiger charge is -2.13. The zero-order chi connectivity index (χ0) is 21.8. The maximum absolute atomic E-state index is 12.9. The van der Waals surface area contributed by atoms with Crippen molar-refractivity contribution in [3.05, 3.63) is 59.4 Å². The van der Waals surface area contributed by atoms with Gasteiger partial charge in [-0.15, -0.1) is 0 Å². The van der Waals surface area contributed by atoms with Crippen molar-refractivity contribution in [2.24, 2.45) is 0 Å². The fourth-order valence-corrected chi connectivity index (χ4v) is 2.06. The Morgan fingerprint density at radius 1 is 0.690 bits per heavy atom. The van der Waals surface area contributed by atoms with Crippen LogP contribution in [0.3, 0.4) is 0 Å². The van der Waals surface area contributed by atoms with E-state index in [1.54, 1.807) is 0 Å². The van der Waals surface area contributed by atoms with Crippen LogP contribution in [0, 0.1) is 5.82 Å². The number of rotatable bonds is 4. The lowest BCUT2D eigenvalue weighted by Crippen LogP contribution is -2.31. The van der Waals surface area contributed by atoms with E-state index in [1.165, 1.54) is 34.9 Å². The second kappa shape index (κ2) is 8.33. The summed E-state index contributed by atoms with van der Waals surface area (Å²) in [6.07, 6.45) is -7.76. The summed E-state index contributed by atoms with van der Waals surface area (Å²) in [6, 6.07) is 7.90. The number of halogens is 7. The fourth-order valence-electron chi connectivity index (χ4n) is 2.06. The van der Waals surface area contributed by atoms with Crippen LogP contribution in [-0.2, 0) is 9.59 Å². The van der Waals surface area contributed by atoms with E-state index in [9.17, 15) is 40.3 Å². The van der Waals surface area contributed by atoms with Crippen LogP contribution in [0.2, 0.25) is 0 Å². The lowest BCUT2D eigenvalue weighted by atomic mass is 10.1. The van der Waals surface area contributed by atoms with Gasteiger partial charge in [0.2, 0.25) is 0 Å². The molecule has 2 N–H and O–H groups in total. The molecule has 0 unspecified atom stereocenters. The third-order valence-corrected chi connectivity index (χ3v) is 3.32. The summed E-state index contributed by atoms with van der Waals surface area (Å²) in [6.45, 7) is 0. The summed E-state index contributed by atoms with van der Waals surface area (Å²) in [4.78, 5) is 22.2. The number of alkyl halides is 6. The van der Waals surface area contributed by atoms with Gasteiger partial charge in [0.15, 0.2) is 0 Å². The molecule has 0 saturated carbocycles. The van der Waals surface area contributed by atoms with Crippen LogP contribution < -0.4 is 10.6 Å². The van der Waals surface area contributed by atoms with Gasteiger partial charge in [0.25, 0.3) is 0 Å². The second-order valence-corrected chi connectivity index (χ2v) is 5.63. The standard InChI is InChI=1S/C18H11F7N2O2/c19-12-5-3-10(4-6-12)1-2-11-7-13(26-15(28)17(20,21)22)9-14(8-11)27-16(29)18(23,24)25/h1-9H,(H,26,28)(H,27,29)/b2-1+. The predicted octanol–water partition coefficient (Wildman–Crippen LogP) is 5.00. The van der Waals surface area contributed by atoms with Gasteiger partial charge in [-0.1, -0.05) is 24.3 Å². The Kier molecular flexibility index (Phi) is 6.30. The molecule has 29 heavy (non-hydrogen) atoms. The molecule has 0 saturated heterocycles. The number of nitrogens with one attached hydrogen (secondary N) is 2. The zero-order valence-electron chi connectivity index (χ0n) is 14.2. The molecular formula is C18H11F7N2O2. The van der Waals surface area contributed by atoms with Gasteiger partial charge in [0.1, 0.15) is 5.82 Å². The fraction of sp³-hybridized carbons (Fsp3) is 0.111. The van der Waals surface area contributed by atoms with Gasteiger partial charge in [-0.25, -0.2) is 4.39 Å². The van der Waals surface area contributed by atoms with E-state index in [-0.39, 0.29) is 5.56 Å². The summed E-state index contributed by atoms with van der Waals surface area (Å²) < 4.78 is 87.5. The Balaban J connectivity index is 2.36. The molecule has 0 fully saturated rings. The molecular weight excluding hydrogens is 409 g/mol. The normalized spacial score (nSPS) is 12.1. The molecule has 0 aliphatic heterocycles. The highest BCUT2D eigenvalue weighted by Gasteiger charge is 2.40. The Bertz CT molecular complexity index is 886. The quantitative estimate of drug-likeness (QED) is 0.541. The Hall–Kier alpha value is -3.37. The molecule has 2 aromatic rings. The third kappa shape index (κ3) is 6.63. The Morgan fingerprint density at radius 2 is 1.10 bits per heavy atom. The number of carbonyl (C=O) groups excluding carboxylic acids is 2. The molecule has 11 heteroatoms. The molecule has 2 amide bonds. The maximum atomic E-state index is 12.9. The smallest absolute Gasteiger partial charge is 0.318 e. The monoisotopic (exact) mass is 420 g/mol. The van der Waals surface area contributed by atoms with E-state index >= 15 is 0 Å². The summed E-state index contributed by atoms with van der Waals surface area (Å²) in [5.41, 5.74) is -0.444. The van der Waals surface area contributed by atoms with Crippen molar-refractivity contribution in [3.63, 3.8) is 0 Å². The van der Waals surface area contributed by atoms with Gasteiger partial charge in [-0.2, -0.15) is 26.3 Å². The highest BCUT2D eigenvalue weighted by atomic mass is 19.4. The van der Waals surface area contributed by atoms with Crippen molar-refractivity contribution in [1.29, 1.82) is 0 Å². The van der Waals surface area contributed by atoms with Gasteiger partial charge >= 0.3 is 24.2 Å². The molecule has 0 heterocycles. The van der Waals surface area contributed by atoms with E-state index in [0.717, 1.165) is 30.3 Å². The van der Waals surface area contributed by atoms with Crippen molar-refractivity contribution in [2.75, 3.05) is 10.6 Å². The van der Waals surface area contributed by atoms with Crippen LogP contribution in [0.5, 0.6) is 0 Å². The first-order chi connectivity index (χ1) is 13.3. The van der Waals surface area contributed by atoms with Crippen molar-refractivity contribution < 1.29 is 40.3 Å². The van der Waals surface area contributed by atoms with Crippen LogP contribution in [0.25, 0.3) is 12.2 Å². The molecule has 0 aliphatic rings. The summed E-state index contributed by atoms with van der Waals surface area (Å²) in [5.74, 6) is -5.19. The topological polar surface area (TPSA) is 58.2 Å². The molecule has 0 spiro atoms. The highest BCUT2D eigenvalue weighted by Crippen LogP contribution is 2.25. The maximum Gasteiger partial charge on any atom is 0.471 e. The van der Waals surface area contributed by atoms with Crippen LogP contribution in [0.1, 0.15) is 11.1 Å².